The van der Waals surface area contributed by atoms with E-state index in [2.05, 4.69) is 27.4 Å². The minimum atomic E-state index is -0.825. The molecule has 0 rings (SSSR count). The van der Waals surface area contributed by atoms with E-state index < -0.39 is 5.97 Å². The maximum atomic E-state index is 10.9. The number of carbonyl (C=O) groups excluding carboxylic acids is 1. The fraction of sp³-hybridized carbons (Fsp3) is 0.667. The van der Waals surface area contributed by atoms with E-state index in [4.69, 9.17) is 9.84 Å². The van der Waals surface area contributed by atoms with Gasteiger partial charge in [-0.1, -0.05) is 54.2 Å². The van der Waals surface area contributed by atoms with Crippen LogP contribution in [0.5, 0.6) is 0 Å². The molecule has 4 heteroatoms. The molecule has 0 aliphatic rings. The maximum absolute atomic E-state index is 10.9. The highest BCUT2D eigenvalue weighted by Crippen LogP contribution is 2.19. The molecule has 0 aromatic carbocycles. The summed E-state index contributed by atoms with van der Waals surface area (Å²) in [5, 5.41) is 8.51. The van der Waals surface area contributed by atoms with Gasteiger partial charge in [-0.05, 0) is 31.1 Å². The molecule has 0 heterocycles. The minimum absolute atomic E-state index is 0.0328. The molecule has 4 nitrogen and oxygen atoms in total. The molecule has 0 spiro atoms. The lowest BCUT2D eigenvalue weighted by atomic mass is 9.91. The Balaban J connectivity index is 0. The quantitative estimate of drug-likeness (QED) is 0.608. The average Bonchev–Trinajstić information content (AvgIpc) is 2.31. The van der Waals surface area contributed by atoms with Crippen LogP contribution in [-0.4, -0.2) is 23.7 Å². The summed E-state index contributed by atoms with van der Waals surface area (Å²) in [5.41, 5.74) is 1.09. The largest absolute Gasteiger partial charge is 0.478 e. The molecule has 0 aliphatic heterocycles. The standard InChI is InChI=1S/2C9H16O2/c1-7(2)8(10)11-6-9(3,4)5;1-7(8(10)11)5-6-9(2,3)4/h1,6H2,2-5H3;5H,6H2,1-4H3,(H,10,11). The summed E-state index contributed by atoms with van der Waals surface area (Å²) in [6.45, 7) is 19.5. The SMILES string of the molecule is C=C(C)C(=O)OCC(C)(C)C.CC(=CCC(C)(C)C)C(=O)O. The van der Waals surface area contributed by atoms with Gasteiger partial charge >= 0.3 is 11.9 Å². The Morgan fingerprint density at radius 1 is 1.05 bits per heavy atom. The number of hydrogen-bond donors (Lipinski definition) is 1. The monoisotopic (exact) mass is 312 g/mol. The predicted molar refractivity (Wildman–Crippen MR) is 90.7 cm³/mol. The highest BCUT2D eigenvalue weighted by Gasteiger charge is 2.13. The van der Waals surface area contributed by atoms with E-state index in [0.717, 1.165) is 6.42 Å². The third kappa shape index (κ3) is 16.5. The summed E-state index contributed by atoms with van der Waals surface area (Å²) in [5.74, 6) is -1.13. The molecule has 0 saturated heterocycles. The van der Waals surface area contributed by atoms with Crippen LogP contribution in [0.2, 0.25) is 0 Å². The van der Waals surface area contributed by atoms with E-state index >= 15 is 0 Å². The van der Waals surface area contributed by atoms with Crippen molar-refractivity contribution in [2.75, 3.05) is 6.61 Å². The Bertz CT molecular complexity index is 417. The first-order chi connectivity index (χ1) is 9.65. The summed E-state index contributed by atoms with van der Waals surface area (Å²) >= 11 is 0. The van der Waals surface area contributed by atoms with Crippen molar-refractivity contribution in [3.63, 3.8) is 0 Å². The molecule has 0 fully saturated rings. The number of allylic oxidation sites excluding steroid dienone is 1. The molecule has 0 unspecified atom stereocenters. The number of carbonyl (C=O) groups is 2. The van der Waals surface area contributed by atoms with Crippen LogP contribution in [0.15, 0.2) is 23.8 Å². The number of carboxylic acid groups (broad SMARTS) is 1. The second kappa shape index (κ2) is 9.44. The molecule has 128 valence electrons. The molecular weight excluding hydrogens is 280 g/mol. The summed E-state index contributed by atoms with van der Waals surface area (Å²) in [6.07, 6.45) is 2.58. The van der Waals surface area contributed by atoms with Gasteiger partial charge in [0.1, 0.15) is 0 Å². The van der Waals surface area contributed by atoms with Gasteiger partial charge in [0.05, 0.1) is 6.61 Å². The summed E-state index contributed by atoms with van der Waals surface area (Å²) in [6, 6.07) is 0. The fourth-order valence-electron chi connectivity index (χ4n) is 0.952. The molecule has 0 radical (unpaired) electrons. The Labute approximate surface area is 135 Å². The Morgan fingerprint density at radius 2 is 1.50 bits per heavy atom. The molecule has 0 atom stereocenters. The van der Waals surface area contributed by atoms with Crippen LogP contribution in [-0.2, 0) is 14.3 Å². The van der Waals surface area contributed by atoms with Crippen molar-refractivity contribution in [1.82, 2.24) is 0 Å². The number of ether oxygens (including phenoxy) is 1. The van der Waals surface area contributed by atoms with E-state index in [1.165, 1.54) is 0 Å². The van der Waals surface area contributed by atoms with Gasteiger partial charge < -0.3 is 9.84 Å². The van der Waals surface area contributed by atoms with Crippen molar-refractivity contribution in [2.24, 2.45) is 10.8 Å². The lowest BCUT2D eigenvalue weighted by Crippen LogP contribution is -2.18. The van der Waals surface area contributed by atoms with Gasteiger partial charge in [0.15, 0.2) is 0 Å². The van der Waals surface area contributed by atoms with Crippen LogP contribution in [0.4, 0.5) is 0 Å². The van der Waals surface area contributed by atoms with Gasteiger partial charge in [0.2, 0.25) is 0 Å². The van der Waals surface area contributed by atoms with Crippen molar-refractivity contribution in [2.45, 2.75) is 61.8 Å². The lowest BCUT2D eigenvalue weighted by Gasteiger charge is -2.17. The molecule has 0 aromatic rings. The number of hydrogen-bond acceptors (Lipinski definition) is 3. The van der Waals surface area contributed by atoms with Gasteiger partial charge in [-0.25, -0.2) is 9.59 Å². The molecule has 0 bridgehead atoms. The van der Waals surface area contributed by atoms with Crippen molar-refractivity contribution < 1.29 is 19.4 Å². The third-order valence-corrected chi connectivity index (χ3v) is 2.34. The second-order valence-electron chi connectivity index (χ2n) is 7.87. The first-order valence-electron chi connectivity index (χ1n) is 7.38. The second-order valence-corrected chi connectivity index (χ2v) is 7.87. The number of rotatable bonds is 4. The van der Waals surface area contributed by atoms with E-state index in [1.807, 2.05) is 20.8 Å². The van der Waals surface area contributed by atoms with Crippen LogP contribution < -0.4 is 0 Å². The highest BCUT2D eigenvalue weighted by atomic mass is 16.5. The van der Waals surface area contributed by atoms with Crippen LogP contribution in [0.1, 0.15) is 61.8 Å². The minimum Gasteiger partial charge on any atom is -0.478 e. The first kappa shape index (κ1) is 22.7. The van der Waals surface area contributed by atoms with Gasteiger partial charge in [-0.15, -0.1) is 0 Å². The maximum Gasteiger partial charge on any atom is 0.333 e. The molecule has 22 heavy (non-hydrogen) atoms. The molecule has 0 aromatic heterocycles. The number of esters is 1. The zero-order chi connectivity index (χ0) is 18.1. The van der Waals surface area contributed by atoms with Gasteiger partial charge in [-0.3, -0.25) is 0 Å². The van der Waals surface area contributed by atoms with Crippen molar-refractivity contribution in [1.29, 1.82) is 0 Å². The van der Waals surface area contributed by atoms with Crippen LogP contribution in [0.25, 0.3) is 0 Å². The predicted octanol–water partition coefficient (Wildman–Crippen LogP) is 4.61. The molecule has 0 aliphatic carbocycles. The summed E-state index contributed by atoms with van der Waals surface area (Å²) in [7, 11) is 0. The van der Waals surface area contributed by atoms with E-state index in [1.54, 1.807) is 19.9 Å². The highest BCUT2D eigenvalue weighted by molar-refractivity contribution is 5.87. The Morgan fingerprint density at radius 3 is 1.77 bits per heavy atom. The number of carboxylic acids is 1. The zero-order valence-electron chi connectivity index (χ0n) is 15.4. The van der Waals surface area contributed by atoms with E-state index in [0.29, 0.717) is 17.8 Å². The van der Waals surface area contributed by atoms with Crippen LogP contribution >= 0.6 is 0 Å². The van der Waals surface area contributed by atoms with Gasteiger partial charge in [0, 0.05) is 11.1 Å². The number of aliphatic carboxylic acids is 1. The average molecular weight is 312 g/mol. The van der Waals surface area contributed by atoms with Crippen molar-refractivity contribution in [3.05, 3.63) is 23.8 Å². The van der Waals surface area contributed by atoms with Gasteiger partial charge in [-0.2, -0.15) is 0 Å². The van der Waals surface area contributed by atoms with E-state index in [9.17, 15) is 9.59 Å². The Kier molecular flexibility index (Phi) is 9.74. The van der Waals surface area contributed by atoms with Crippen molar-refractivity contribution in [3.8, 4) is 0 Å². The summed E-state index contributed by atoms with van der Waals surface area (Å²) < 4.78 is 4.93. The normalized spacial score (nSPS) is 12.1. The zero-order valence-corrected chi connectivity index (χ0v) is 15.4. The molecule has 0 saturated carbocycles. The topological polar surface area (TPSA) is 63.6 Å². The van der Waals surface area contributed by atoms with E-state index in [-0.39, 0.29) is 16.8 Å². The Hall–Kier alpha value is -1.58. The molecule has 1 N–H and O–H groups in total. The lowest BCUT2D eigenvalue weighted by molar-refractivity contribution is -0.141. The third-order valence-electron chi connectivity index (χ3n) is 2.34. The smallest absolute Gasteiger partial charge is 0.333 e. The first-order valence-corrected chi connectivity index (χ1v) is 7.38. The fourth-order valence-corrected chi connectivity index (χ4v) is 0.952. The van der Waals surface area contributed by atoms with Crippen LogP contribution in [0, 0.1) is 10.8 Å². The van der Waals surface area contributed by atoms with Crippen LogP contribution in [0.3, 0.4) is 0 Å². The molecule has 0 amide bonds. The molecular formula is C18H32O4. The summed E-state index contributed by atoms with van der Waals surface area (Å²) in [4.78, 5) is 21.2. The van der Waals surface area contributed by atoms with Crippen molar-refractivity contribution >= 4 is 11.9 Å². The van der Waals surface area contributed by atoms with Gasteiger partial charge in [0.25, 0.3) is 0 Å².